The molecular formula is C22H29NO4S. The number of carbonyl (C=O) groups excluding carboxylic acids is 2. The molecule has 6 heteroatoms. The van der Waals surface area contributed by atoms with Crippen molar-refractivity contribution in [2.24, 2.45) is 5.41 Å². The number of esters is 1. The number of hydrogen-bond donors (Lipinski definition) is 1. The van der Waals surface area contributed by atoms with Gasteiger partial charge in [0, 0.05) is 28.3 Å². The molecule has 0 radical (unpaired) electrons. The van der Waals surface area contributed by atoms with Crippen LogP contribution in [0.4, 0.5) is 0 Å². The first-order valence-electron chi connectivity index (χ1n) is 9.76. The van der Waals surface area contributed by atoms with E-state index in [0.717, 1.165) is 28.3 Å². The summed E-state index contributed by atoms with van der Waals surface area (Å²) in [5.41, 5.74) is 2.86. The van der Waals surface area contributed by atoms with Gasteiger partial charge < -0.3 is 14.8 Å². The number of allylic oxidation sites excluding steroid dienone is 3. The van der Waals surface area contributed by atoms with Gasteiger partial charge in [0.1, 0.15) is 6.61 Å². The normalized spacial score (nSPS) is 21.6. The van der Waals surface area contributed by atoms with Gasteiger partial charge in [0.2, 0.25) is 0 Å². The molecule has 3 rings (SSSR count). The van der Waals surface area contributed by atoms with Crippen LogP contribution in [0.15, 0.2) is 40.1 Å². The van der Waals surface area contributed by atoms with Crippen LogP contribution in [0.3, 0.4) is 0 Å². The van der Waals surface area contributed by atoms with Crippen molar-refractivity contribution in [2.75, 3.05) is 13.2 Å². The second kappa shape index (κ2) is 8.21. The molecule has 5 nitrogen and oxygen atoms in total. The summed E-state index contributed by atoms with van der Waals surface area (Å²) in [6.07, 6.45) is 1.36. The van der Waals surface area contributed by atoms with E-state index in [0.29, 0.717) is 18.6 Å². The monoisotopic (exact) mass is 403 g/mol. The lowest BCUT2D eigenvalue weighted by Gasteiger charge is -2.39. The molecule has 1 N–H and O–H groups in total. The first kappa shape index (κ1) is 20.8. The lowest BCUT2D eigenvalue weighted by molar-refractivity contribution is -0.141. The van der Waals surface area contributed by atoms with Gasteiger partial charge in [-0.25, -0.2) is 4.79 Å². The highest BCUT2D eigenvalue weighted by Crippen LogP contribution is 2.47. The topological polar surface area (TPSA) is 64.6 Å². The first-order valence-corrected chi connectivity index (χ1v) is 10.6. The molecule has 0 saturated carbocycles. The predicted molar refractivity (Wildman–Crippen MR) is 110 cm³/mol. The van der Waals surface area contributed by atoms with Crippen LogP contribution in [0.2, 0.25) is 0 Å². The van der Waals surface area contributed by atoms with Gasteiger partial charge in [-0.3, -0.25) is 4.79 Å². The molecule has 0 bridgehead atoms. The summed E-state index contributed by atoms with van der Waals surface area (Å²) in [6.45, 7) is 10.5. The molecule has 2 heterocycles. The maximum Gasteiger partial charge on any atom is 0.336 e. The van der Waals surface area contributed by atoms with Crippen molar-refractivity contribution in [2.45, 2.75) is 59.5 Å². The maximum atomic E-state index is 13.1. The van der Waals surface area contributed by atoms with Gasteiger partial charge in [-0.1, -0.05) is 19.9 Å². The van der Waals surface area contributed by atoms with Crippen molar-refractivity contribution in [1.29, 1.82) is 0 Å². The maximum absolute atomic E-state index is 13.1. The third-order valence-corrected chi connectivity index (χ3v) is 5.99. The molecule has 2 aliphatic rings. The molecule has 0 unspecified atom stereocenters. The zero-order chi connectivity index (χ0) is 20.5. The van der Waals surface area contributed by atoms with Crippen LogP contribution in [-0.4, -0.2) is 31.1 Å². The molecule has 0 spiro atoms. The number of ketones is 1. The Morgan fingerprint density at radius 2 is 2.07 bits per heavy atom. The van der Waals surface area contributed by atoms with Gasteiger partial charge in [-0.15, -0.1) is 11.3 Å². The van der Waals surface area contributed by atoms with Gasteiger partial charge in [0.15, 0.2) is 5.78 Å². The zero-order valence-electron chi connectivity index (χ0n) is 17.3. The average molecular weight is 404 g/mol. The minimum absolute atomic E-state index is 0.0879. The molecule has 0 amide bonds. The first-order chi connectivity index (χ1) is 13.2. The van der Waals surface area contributed by atoms with E-state index in [1.165, 1.54) is 0 Å². The van der Waals surface area contributed by atoms with Crippen LogP contribution >= 0.6 is 11.3 Å². The molecule has 1 aromatic rings. The van der Waals surface area contributed by atoms with E-state index in [9.17, 15) is 9.59 Å². The fourth-order valence-corrected chi connectivity index (χ4v) is 4.79. The van der Waals surface area contributed by atoms with Gasteiger partial charge in [-0.05, 0) is 44.1 Å². The van der Waals surface area contributed by atoms with E-state index in [1.54, 1.807) is 11.3 Å². The van der Waals surface area contributed by atoms with E-state index in [1.807, 2.05) is 38.3 Å². The molecule has 1 aliphatic carbocycles. The number of Topliss-reactive ketones (excluding diaryl/α,β-unsaturated/α-hetero) is 1. The van der Waals surface area contributed by atoms with E-state index < -0.39 is 0 Å². The lowest BCUT2D eigenvalue weighted by atomic mass is 9.70. The predicted octanol–water partition coefficient (Wildman–Crippen LogP) is 4.32. The Morgan fingerprint density at radius 1 is 1.32 bits per heavy atom. The third kappa shape index (κ3) is 4.39. The van der Waals surface area contributed by atoms with Crippen LogP contribution in [0.5, 0.6) is 0 Å². The van der Waals surface area contributed by atoms with Crippen molar-refractivity contribution >= 4 is 23.1 Å². The fraction of sp³-hybridized carbons (Fsp3) is 0.545. The highest BCUT2D eigenvalue weighted by atomic mass is 32.1. The Morgan fingerprint density at radius 3 is 2.71 bits per heavy atom. The Balaban J connectivity index is 1.91. The zero-order valence-corrected chi connectivity index (χ0v) is 18.1. The second-order valence-electron chi connectivity index (χ2n) is 8.50. The number of nitrogens with one attached hydrogen (secondary N) is 1. The molecule has 0 aromatic carbocycles. The number of thiophene rings is 1. The standard InChI is InChI=1S/C22H29NO4S/c1-13(2)26-8-9-27-21(25)18-14(3)23-15-11-22(4,5)12-16(24)19(15)20(18)17-7-6-10-28-17/h6-7,10,13,20,23H,8-9,11-12H2,1-5H3/t20-/m1/s1. The molecule has 1 aromatic heterocycles. The summed E-state index contributed by atoms with van der Waals surface area (Å²) < 4.78 is 11.0. The lowest BCUT2D eigenvalue weighted by Crippen LogP contribution is -2.38. The van der Waals surface area contributed by atoms with Gasteiger partial charge >= 0.3 is 5.97 Å². The molecule has 1 aliphatic heterocycles. The van der Waals surface area contributed by atoms with E-state index in [-0.39, 0.29) is 35.8 Å². The summed E-state index contributed by atoms with van der Waals surface area (Å²) in [5.74, 6) is -0.642. The number of carbonyl (C=O) groups is 2. The van der Waals surface area contributed by atoms with Gasteiger partial charge in [-0.2, -0.15) is 0 Å². The summed E-state index contributed by atoms with van der Waals surface area (Å²) in [6, 6.07) is 3.94. The summed E-state index contributed by atoms with van der Waals surface area (Å²) in [5, 5.41) is 5.32. The van der Waals surface area contributed by atoms with Crippen molar-refractivity contribution < 1.29 is 19.1 Å². The van der Waals surface area contributed by atoms with Crippen molar-refractivity contribution in [1.82, 2.24) is 5.32 Å². The average Bonchev–Trinajstić information content (AvgIpc) is 3.10. The summed E-state index contributed by atoms with van der Waals surface area (Å²) in [7, 11) is 0. The highest BCUT2D eigenvalue weighted by Gasteiger charge is 2.43. The van der Waals surface area contributed by atoms with Crippen LogP contribution in [0.25, 0.3) is 0 Å². The highest BCUT2D eigenvalue weighted by molar-refractivity contribution is 7.10. The van der Waals surface area contributed by atoms with Crippen molar-refractivity contribution in [3.05, 3.63) is 44.9 Å². The molecule has 152 valence electrons. The number of ether oxygens (including phenoxy) is 2. The minimum atomic E-state index is -0.389. The van der Waals surface area contributed by atoms with Gasteiger partial charge in [0.05, 0.1) is 24.2 Å². The number of rotatable bonds is 6. The van der Waals surface area contributed by atoms with E-state index >= 15 is 0 Å². The van der Waals surface area contributed by atoms with Crippen LogP contribution in [0, 0.1) is 5.41 Å². The van der Waals surface area contributed by atoms with Crippen molar-refractivity contribution in [3.8, 4) is 0 Å². The third-order valence-electron chi connectivity index (χ3n) is 5.06. The van der Waals surface area contributed by atoms with Crippen LogP contribution in [-0.2, 0) is 19.1 Å². The Bertz CT molecular complexity index is 818. The molecular weight excluding hydrogens is 374 g/mol. The quantitative estimate of drug-likeness (QED) is 0.566. The second-order valence-corrected chi connectivity index (χ2v) is 9.48. The fourth-order valence-electron chi connectivity index (χ4n) is 3.94. The van der Waals surface area contributed by atoms with Crippen LogP contribution in [0.1, 0.15) is 58.3 Å². The smallest absolute Gasteiger partial charge is 0.336 e. The molecule has 28 heavy (non-hydrogen) atoms. The van der Waals surface area contributed by atoms with E-state index in [2.05, 4.69) is 19.2 Å². The van der Waals surface area contributed by atoms with Crippen molar-refractivity contribution in [3.63, 3.8) is 0 Å². The Kier molecular flexibility index (Phi) is 6.10. The minimum Gasteiger partial charge on any atom is -0.460 e. The Hall–Kier alpha value is -1.92. The largest absolute Gasteiger partial charge is 0.460 e. The SMILES string of the molecule is CC1=C(C(=O)OCCOC(C)C)[C@@H](c2cccs2)C2=C(CC(C)(C)CC2=O)N1. The Labute approximate surface area is 170 Å². The van der Waals surface area contributed by atoms with Crippen LogP contribution < -0.4 is 5.32 Å². The summed E-state index contributed by atoms with van der Waals surface area (Å²) >= 11 is 1.56. The molecule has 0 fully saturated rings. The summed E-state index contributed by atoms with van der Waals surface area (Å²) in [4.78, 5) is 27.0. The molecule has 1 atom stereocenters. The number of hydrogen-bond acceptors (Lipinski definition) is 6. The molecule has 0 saturated heterocycles. The van der Waals surface area contributed by atoms with Gasteiger partial charge in [0.25, 0.3) is 0 Å². The van der Waals surface area contributed by atoms with E-state index in [4.69, 9.17) is 9.47 Å². The number of dihydropyridines is 1.